The number of likely N-dealkylation sites (tertiary alicyclic amines) is 1. The van der Waals surface area contributed by atoms with Crippen LogP contribution in [0.2, 0.25) is 0 Å². The molecule has 0 radical (unpaired) electrons. The maximum absolute atomic E-state index is 14.7. The number of amides is 1. The molecular weight excluding hydrogens is 401 g/mol. The van der Waals surface area contributed by atoms with Crippen molar-refractivity contribution < 1.29 is 27.1 Å². The Morgan fingerprint density at radius 3 is 2.83 bits per heavy atom. The number of hydrogen-bond acceptors (Lipinski definition) is 6. The van der Waals surface area contributed by atoms with E-state index in [1.807, 2.05) is 12.1 Å². The lowest BCUT2D eigenvalue weighted by Gasteiger charge is -2.32. The Morgan fingerprint density at radius 2 is 2.17 bits per heavy atom. The predicted molar refractivity (Wildman–Crippen MR) is 103 cm³/mol. The van der Waals surface area contributed by atoms with Gasteiger partial charge in [-0.05, 0) is 61.6 Å². The molecule has 1 amide bonds. The number of benzene rings is 1. The van der Waals surface area contributed by atoms with E-state index in [9.17, 15) is 22.7 Å². The predicted octanol–water partition coefficient (Wildman–Crippen LogP) is 1.76. The van der Waals surface area contributed by atoms with Crippen molar-refractivity contribution in [2.75, 3.05) is 23.9 Å². The molecule has 156 valence electrons. The SMILES string of the molecule is O=C1CN(c2c(O)cc(CC3CCCN(Cc4ccco4)C3)cc2F)S(=O)(=O)N1. The van der Waals surface area contributed by atoms with Crippen molar-refractivity contribution in [3.05, 3.63) is 47.7 Å². The maximum atomic E-state index is 14.7. The van der Waals surface area contributed by atoms with E-state index in [0.717, 1.165) is 38.2 Å². The number of aromatic hydroxyl groups is 1. The molecule has 2 aliphatic heterocycles. The third-order valence-corrected chi connectivity index (χ3v) is 6.64. The van der Waals surface area contributed by atoms with Gasteiger partial charge in [0.15, 0.2) is 5.82 Å². The molecule has 2 aromatic rings. The Hall–Kier alpha value is -2.59. The number of rotatable bonds is 5. The van der Waals surface area contributed by atoms with Crippen molar-refractivity contribution in [3.63, 3.8) is 0 Å². The molecule has 1 unspecified atom stereocenters. The van der Waals surface area contributed by atoms with E-state index in [-0.39, 0.29) is 5.92 Å². The van der Waals surface area contributed by atoms with Gasteiger partial charge in [0.2, 0.25) is 0 Å². The van der Waals surface area contributed by atoms with E-state index in [2.05, 4.69) is 4.90 Å². The number of nitrogens with zero attached hydrogens (tertiary/aromatic N) is 2. The van der Waals surface area contributed by atoms with Gasteiger partial charge in [-0.3, -0.25) is 9.69 Å². The molecule has 2 aliphatic rings. The van der Waals surface area contributed by atoms with E-state index in [0.29, 0.717) is 16.3 Å². The zero-order valence-corrected chi connectivity index (χ0v) is 16.5. The molecule has 1 aromatic carbocycles. The van der Waals surface area contributed by atoms with Gasteiger partial charge in [0.1, 0.15) is 23.7 Å². The van der Waals surface area contributed by atoms with Gasteiger partial charge in [-0.15, -0.1) is 0 Å². The van der Waals surface area contributed by atoms with Gasteiger partial charge in [-0.25, -0.2) is 13.4 Å². The molecule has 3 heterocycles. The van der Waals surface area contributed by atoms with Crippen LogP contribution in [0.4, 0.5) is 10.1 Å². The first-order chi connectivity index (χ1) is 13.8. The zero-order valence-electron chi connectivity index (χ0n) is 15.7. The monoisotopic (exact) mass is 423 g/mol. The van der Waals surface area contributed by atoms with E-state index in [4.69, 9.17) is 4.42 Å². The molecule has 0 bridgehead atoms. The highest BCUT2D eigenvalue weighted by Gasteiger charge is 2.37. The van der Waals surface area contributed by atoms with Crippen molar-refractivity contribution in [3.8, 4) is 5.75 Å². The summed E-state index contributed by atoms with van der Waals surface area (Å²) in [6.07, 6.45) is 4.20. The van der Waals surface area contributed by atoms with Crippen molar-refractivity contribution in [1.82, 2.24) is 9.62 Å². The number of halogens is 1. The van der Waals surface area contributed by atoms with Gasteiger partial charge in [-0.2, -0.15) is 8.42 Å². The second-order valence-electron chi connectivity index (χ2n) is 7.51. The van der Waals surface area contributed by atoms with Gasteiger partial charge >= 0.3 is 10.2 Å². The molecule has 29 heavy (non-hydrogen) atoms. The molecule has 2 N–H and O–H groups in total. The van der Waals surface area contributed by atoms with E-state index >= 15 is 0 Å². The largest absolute Gasteiger partial charge is 0.506 e. The average molecular weight is 423 g/mol. The number of furan rings is 1. The summed E-state index contributed by atoms with van der Waals surface area (Å²) >= 11 is 0. The highest BCUT2D eigenvalue weighted by atomic mass is 32.2. The standard InChI is InChI=1S/C19H22FN3O5S/c20-16-8-14(9-17(24)19(16)23-12-18(25)21-29(23,26)27)7-13-3-1-5-22(10-13)11-15-4-2-6-28-15/h2,4,6,8-9,13,24H,1,3,5,7,10-12H2,(H,21,25). The normalized spacial score (nSPS) is 22.0. The zero-order chi connectivity index (χ0) is 20.6. The Kier molecular flexibility index (Phi) is 5.22. The molecule has 2 fully saturated rings. The minimum atomic E-state index is -4.19. The van der Waals surface area contributed by atoms with Crippen LogP contribution < -0.4 is 9.03 Å². The number of nitrogens with one attached hydrogen (secondary N) is 1. The summed E-state index contributed by atoms with van der Waals surface area (Å²) in [4.78, 5) is 13.7. The quantitative estimate of drug-likeness (QED) is 0.760. The van der Waals surface area contributed by atoms with Crippen LogP contribution in [-0.4, -0.2) is 44.0 Å². The average Bonchev–Trinajstić information content (AvgIpc) is 3.22. The number of carbonyl (C=O) groups is 1. The van der Waals surface area contributed by atoms with Crippen LogP contribution in [0.5, 0.6) is 5.75 Å². The molecule has 0 saturated carbocycles. The molecule has 1 aromatic heterocycles. The van der Waals surface area contributed by atoms with Crippen molar-refractivity contribution in [1.29, 1.82) is 0 Å². The Bertz CT molecular complexity index is 986. The lowest BCUT2D eigenvalue weighted by molar-refractivity contribution is -0.117. The van der Waals surface area contributed by atoms with E-state index < -0.39 is 39.9 Å². The van der Waals surface area contributed by atoms with Gasteiger partial charge in [0.05, 0.1) is 12.8 Å². The highest BCUT2D eigenvalue weighted by molar-refractivity contribution is 7.92. The molecule has 10 heteroatoms. The van der Waals surface area contributed by atoms with Gasteiger partial charge in [0.25, 0.3) is 5.91 Å². The lowest BCUT2D eigenvalue weighted by Crippen LogP contribution is -2.35. The molecule has 2 saturated heterocycles. The number of phenolic OH excluding ortho intramolecular Hbond substituents is 1. The minimum Gasteiger partial charge on any atom is -0.506 e. The summed E-state index contributed by atoms with van der Waals surface area (Å²) in [5, 5.41) is 10.3. The maximum Gasteiger partial charge on any atom is 0.326 e. The van der Waals surface area contributed by atoms with Crippen LogP contribution in [0.1, 0.15) is 24.2 Å². The number of hydrogen-bond donors (Lipinski definition) is 2. The van der Waals surface area contributed by atoms with Gasteiger partial charge < -0.3 is 9.52 Å². The van der Waals surface area contributed by atoms with Crippen LogP contribution >= 0.6 is 0 Å². The molecule has 1 atom stereocenters. The molecule has 4 rings (SSSR count). The summed E-state index contributed by atoms with van der Waals surface area (Å²) in [7, 11) is -4.19. The van der Waals surface area contributed by atoms with E-state index in [1.165, 1.54) is 12.1 Å². The molecule has 8 nitrogen and oxygen atoms in total. The molecule has 0 aliphatic carbocycles. The summed E-state index contributed by atoms with van der Waals surface area (Å²) in [6.45, 7) is 1.94. The third-order valence-electron chi connectivity index (χ3n) is 5.26. The lowest BCUT2D eigenvalue weighted by atomic mass is 9.91. The fourth-order valence-electron chi connectivity index (χ4n) is 4.07. The Balaban J connectivity index is 1.48. The summed E-state index contributed by atoms with van der Waals surface area (Å²) < 4.78 is 46.3. The van der Waals surface area contributed by atoms with Gasteiger partial charge in [-0.1, -0.05) is 0 Å². The molecule has 0 spiro atoms. The number of anilines is 1. The van der Waals surface area contributed by atoms with Crippen molar-refractivity contribution >= 4 is 21.8 Å². The first kappa shape index (κ1) is 19.7. The van der Waals surface area contributed by atoms with E-state index in [1.54, 1.807) is 11.0 Å². The third kappa shape index (κ3) is 4.23. The number of carbonyl (C=O) groups excluding carboxylic acids is 1. The highest BCUT2D eigenvalue weighted by Crippen LogP contribution is 2.35. The fraction of sp³-hybridized carbons (Fsp3) is 0.421. The van der Waals surface area contributed by atoms with Crippen LogP contribution in [-0.2, 0) is 28.0 Å². The Morgan fingerprint density at radius 1 is 1.34 bits per heavy atom. The minimum absolute atomic E-state index is 0.280. The summed E-state index contributed by atoms with van der Waals surface area (Å²) in [5.74, 6) is -0.964. The first-order valence-corrected chi connectivity index (χ1v) is 10.9. The second-order valence-corrected chi connectivity index (χ2v) is 9.10. The van der Waals surface area contributed by atoms with Crippen molar-refractivity contribution in [2.24, 2.45) is 5.92 Å². The van der Waals surface area contributed by atoms with Crippen molar-refractivity contribution in [2.45, 2.75) is 25.8 Å². The Labute approximate surface area is 168 Å². The summed E-state index contributed by atoms with van der Waals surface area (Å²) in [5.41, 5.74) is 0.0830. The van der Waals surface area contributed by atoms with Crippen LogP contribution in [0.3, 0.4) is 0 Å². The second kappa shape index (κ2) is 7.68. The smallest absolute Gasteiger partial charge is 0.326 e. The molecular formula is C19H22FN3O5S. The summed E-state index contributed by atoms with van der Waals surface area (Å²) in [6, 6.07) is 6.40. The number of piperidine rings is 1. The van der Waals surface area contributed by atoms with Crippen LogP contribution in [0, 0.1) is 11.7 Å². The van der Waals surface area contributed by atoms with Crippen LogP contribution in [0.25, 0.3) is 0 Å². The topological polar surface area (TPSA) is 103 Å². The van der Waals surface area contributed by atoms with Gasteiger partial charge in [0, 0.05) is 6.54 Å². The van der Waals surface area contributed by atoms with Crippen LogP contribution in [0.15, 0.2) is 34.9 Å². The fourth-order valence-corrected chi connectivity index (χ4v) is 5.24. The first-order valence-electron chi connectivity index (χ1n) is 9.41. The number of phenols is 1.